The molecule has 0 bridgehead atoms. The summed E-state index contributed by atoms with van der Waals surface area (Å²) < 4.78 is 4.57. The summed E-state index contributed by atoms with van der Waals surface area (Å²) in [7, 11) is 0. The molecule has 0 nitrogen and oxygen atoms in total. The molecule has 1 heterocycles. The van der Waals surface area contributed by atoms with Crippen LogP contribution in [-0.2, 0) is 23.2 Å². The van der Waals surface area contributed by atoms with Gasteiger partial charge < -0.3 is 24.8 Å². The summed E-state index contributed by atoms with van der Waals surface area (Å²) in [4.78, 5) is 0. The van der Waals surface area contributed by atoms with Crippen LogP contribution in [0.2, 0.25) is 0 Å². The van der Waals surface area contributed by atoms with Crippen LogP contribution in [-0.4, -0.2) is 0 Å². The molecule has 0 radical (unpaired) electrons. The summed E-state index contributed by atoms with van der Waals surface area (Å²) in [6.45, 7) is 0. The SMILES string of the molecule is Brc1ccc2c(c1)C=C1[C]([Zr+2][C]3=CC=CC3)=CSC12.[Cl-].[Cl-]. The number of hydrogen-bond donors (Lipinski definition) is 0. The average molecular weight is 477 g/mol. The van der Waals surface area contributed by atoms with E-state index in [1.54, 1.807) is 12.1 Å². The average Bonchev–Trinajstić information content (AvgIpc) is 3.07. The summed E-state index contributed by atoms with van der Waals surface area (Å²) in [6, 6.07) is 6.69. The first-order valence-electron chi connectivity index (χ1n) is 6.31. The number of allylic oxidation sites excluding steroid dienone is 5. The molecule has 1 aromatic carbocycles. The van der Waals surface area contributed by atoms with Gasteiger partial charge in [-0.2, -0.15) is 0 Å². The maximum Gasteiger partial charge on any atom is -1.00 e. The van der Waals surface area contributed by atoms with Gasteiger partial charge in [-0.25, -0.2) is 0 Å². The predicted octanol–water partition coefficient (Wildman–Crippen LogP) is -0.590. The van der Waals surface area contributed by atoms with Crippen molar-refractivity contribution in [3.05, 3.63) is 69.6 Å². The quantitative estimate of drug-likeness (QED) is 0.549. The minimum atomic E-state index is -0.557. The molecule has 4 rings (SSSR count). The van der Waals surface area contributed by atoms with E-state index in [0.717, 1.165) is 0 Å². The number of fused-ring (bicyclic) bond motifs is 3. The number of rotatable bonds is 2. The fourth-order valence-corrected chi connectivity index (χ4v) is 8.17. The maximum absolute atomic E-state index is 3.57. The number of hydrogen-bond acceptors (Lipinski definition) is 1. The van der Waals surface area contributed by atoms with Crippen LogP contribution < -0.4 is 24.8 Å². The molecule has 0 fully saturated rings. The third-order valence-corrected chi connectivity index (χ3v) is 9.21. The van der Waals surface area contributed by atoms with E-state index in [4.69, 9.17) is 0 Å². The Balaban J connectivity index is 0.000000807. The third kappa shape index (κ3) is 3.38. The topological polar surface area (TPSA) is 0 Å². The molecule has 1 aromatic rings. The van der Waals surface area contributed by atoms with Gasteiger partial charge in [0.25, 0.3) is 0 Å². The molecule has 0 saturated heterocycles. The molecule has 0 N–H and O–H groups in total. The molecular weight excluding hydrogens is 466 g/mol. The fraction of sp³-hybridized carbons (Fsp3) is 0.125. The first-order valence-corrected chi connectivity index (χ1v) is 10.5. The molecule has 1 atom stereocenters. The maximum atomic E-state index is 3.57. The van der Waals surface area contributed by atoms with Gasteiger partial charge in [0.05, 0.1) is 0 Å². The van der Waals surface area contributed by atoms with E-state index in [0.29, 0.717) is 5.25 Å². The van der Waals surface area contributed by atoms with Crippen molar-refractivity contribution in [1.29, 1.82) is 0 Å². The van der Waals surface area contributed by atoms with Crippen LogP contribution in [0.25, 0.3) is 6.08 Å². The third-order valence-electron chi connectivity index (χ3n) is 3.62. The molecule has 1 aliphatic heterocycles. The zero-order chi connectivity index (χ0) is 12.8. The van der Waals surface area contributed by atoms with E-state index in [-0.39, 0.29) is 24.8 Å². The van der Waals surface area contributed by atoms with Crippen molar-refractivity contribution in [1.82, 2.24) is 0 Å². The van der Waals surface area contributed by atoms with Gasteiger partial charge in [-0.05, 0) is 0 Å². The van der Waals surface area contributed by atoms with E-state index in [2.05, 4.69) is 63.8 Å². The van der Waals surface area contributed by atoms with Crippen molar-refractivity contribution < 1.29 is 48.0 Å². The monoisotopic (exact) mass is 474 g/mol. The molecule has 0 saturated carbocycles. The first kappa shape index (κ1) is 17.8. The summed E-state index contributed by atoms with van der Waals surface area (Å²) in [5.74, 6) is 0. The van der Waals surface area contributed by atoms with E-state index in [1.165, 1.54) is 22.0 Å². The van der Waals surface area contributed by atoms with Crippen LogP contribution in [0.15, 0.2) is 58.4 Å². The van der Waals surface area contributed by atoms with Crippen LogP contribution in [0.3, 0.4) is 0 Å². The molecule has 21 heavy (non-hydrogen) atoms. The van der Waals surface area contributed by atoms with E-state index in [9.17, 15) is 0 Å². The first-order chi connectivity index (χ1) is 9.31. The summed E-state index contributed by atoms with van der Waals surface area (Å²) in [6.07, 6.45) is 10.5. The number of halogens is 3. The number of benzene rings is 1. The van der Waals surface area contributed by atoms with Crippen LogP contribution >= 0.6 is 27.7 Å². The van der Waals surface area contributed by atoms with Gasteiger partial charge in [0.15, 0.2) is 0 Å². The van der Waals surface area contributed by atoms with Crippen molar-refractivity contribution in [3.8, 4) is 0 Å². The minimum Gasteiger partial charge on any atom is -1.00 e. The van der Waals surface area contributed by atoms with Gasteiger partial charge >= 0.3 is 138 Å². The van der Waals surface area contributed by atoms with Gasteiger partial charge in [-0.15, -0.1) is 0 Å². The summed E-state index contributed by atoms with van der Waals surface area (Å²) in [5, 5.41) is 3.02. The molecular formula is C16H11BrCl2SZr. The Kier molecular flexibility index (Phi) is 6.25. The zero-order valence-corrected chi connectivity index (χ0v) is 17.3. The molecule has 0 amide bonds. The van der Waals surface area contributed by atoms with E-state index in [1.807, 2.05) is 11.8 Å². The van der Waals surface area contributed by atoms with E-state index < -0.39 is 23.2 Å². The van der Waals surface area contributed by atoms with E-state index >= 15 is 0 Å². The van der Waals surface area contributed by atoms with Crippen LogP contribution in [0.1, 0.15) is 22.8 Å². The second-order valence-corrected chi connectivity index (χ2v) is 10.3. The largest absolute Gasteiger partial charge is 1.00 e. The standard InChI is InChI=1S/C11H6BrS.C5H5.2ClH.Zr/c12-9-1-2-10-8(6-9)5-7-3-4-13-11(7)10;1-2-4-5-3-1;;;/h1-2,4-6,11H;1-3H,4H2;2*1H;/q;;;;+2/p-2. The van der Waals surface area contributed by atoms with Crippen LogP contribution in [0.4, 0.5) is 0 Å². The number of thioether (sulfide) groups is 1. The van der Waals surface area contributed by atoms with Crippen molar-refractivity contribution in [2.45, 2.75) is 11.7 Å². The Morgan fingerprint density at radius 3 is 2.86 bits per heavy atom. The van der Waals surface area contributed by atoms with Gasteiger partial charge in [0.2, 0.25) is 0 Å². The molecule has 0 aromatic heterocycles. The molecule has 106 valence electrons. The smallest absolute Gasteiger partial charge is 1.00 e. The van der Waals surface area contributed by atoms with Crippen LogP contribution in [0.5, 0.6) is 0 Å². The molecule has 5 heteroatoms. The Hall–Kier alpha value is 0.473. The zero-order valence-electron chi connectivity index (χ0n) is 10.9. The summed E-state index contributed by atoms with van der Waals surface area (Å²) >= 11 is 5.02. The summed E-state index contributed by atoms with van der Waals surface area (Å²) in [5.41, 5.74) is 4.50. The van der Waals surface area contributed by atoms with Gasteiger partial charge in [-0.3, -0.25) is 0 Å². The van der Waals surface area contributed by atoms with Gasteiger partial charge in [0, 0.05) is 0 Å². The Morgan fingerprint density at radius 1 is 1.24 bits per heavy atom. The molecule has 1 unspecified atom stereocenters. The molecule has 2 aliphatic carbocycles. The second kappa shape index (κ2) is 7.36. The van der Waals surface area contributed by atoms with Gasteiger partial charge in [0.1, 0.15) is 0 Å². The predicted molar refractivity (Wildman–Crippen MR) is 82.4 cm³/mol. The Bertz CT molecular complexity index is 692. The molecule has 3 aliphatic rings. The minimum absolute atomic E-state index is 0. The second-order valence-electron chi connectivity index (χ2n) is 4.87. The van der Waals surface area contributed by atoms with Crippen molar-refractivity contribution in [3.63, 3.8) is 0 Å². The van der Waals surface area contributed by atoms with Crippen molar-refractivity contribution in [2.24, 2.45) is 0 Å². The Morgan fingerprint density at radius 2 is 2.10 bits per heavy atom. The normalized spacial score (nSPS) is 20.4. The Labute approximate surface area is 161 Å². The van der Waals surface area contributed by atoms with Crippen molar-refractivity contribution in [2.75, 3.05) is 0 Å². The van der Waals surface area contributed by atoms with Crippen LogP contribution in [0, 0.1) is 0 Å². The fourth-order valence-electron chi connectivity index (χ4n) is 2.70. The van der Waals surface area contributed by atoms with Gasteiger partial charge in [-0.1, -0.05) is 0 Å². The van der Waals surface area contributed by atoms with Crippen molar-refractivity contribution >= 4 is 33.8 Å². The molecule has 0 spiro atoms.